The van der Waals surface area contributed by atoms with E-state index in [-0.39, 0.29) is 0 Å². The molecular formula is C22H36N2O. The van der Waals surface area contributed by atoms with Crippen LogP contribution in [0.15, 0.2) is 24.3 Å². The highest BCUT2D eigenvalue weighted by molar-refractivity contribution is 5.78. The summed E-state index contributed by atoms with van der Waals surface area (Å²) in [5.74, 6) is 0.957. The predicted octanol–water partition coefficient (Wildman–Crippen LogP) is 5.26. The molecule has 1 aromatic carbocycles. The van der Waals surface area contributed by atoms with E-state index in [1.807, 2.05) is 0 Å². The van der Waals surface area contributed by atoms with E-state index >= 15 is 0 Å². The van der Waals surface area contributed by atoms with Gasteiger partial charge in [-0.05, 0) is 37.0 Å². The fourth-order valence-corrected chi connectivity index (χ4v) is 3.47. The third kappa shape index (κ3) is 6.07. The van der Waals surface area contributed by atoms with Gasteiger partial charge in [0.15, 0.2) is 0 Å². The van der Waals surface area contributed by atoms with Crippen molar-refractivity contribution in [1.29, 1.82) is 0 Å². The first-order valence-electron chi connectivity index (χ1n) is 10.1. The van der Waals surface area contributed by atoms with E-state index in [1.54, 1.807) is 7.11 Å². The van der Waals surface area contributed by atoms with Crippen LogP contribution in [0.1, 0.15) is 64.4 Å². The summed E-state index contributed by atoms with van der Waals surface area (Å²) in [6.07, 6.45) is 11.3. The maximum Gasteiger partial charge on any atom is 0.120 e. The second kappa shape index (κ2) is 11.2. The first kappa shape index (κ1) is 19.8. The molecule has 0 aliphatic carbocycles. The monoisotopic (exact) mass is 344 g/mol. The van der Waals surface area contributed by atoms with Gasteiger partial charge in [0, 0.05) is 43.5 Å². The molecule has 0 amide bonds. The summed E-state index contributed by atoms with van der Waals surface area (Å²) >= 11 is 0. The maximum absolute atomic E-state index is 5.52. The summed E-state index contributed by atoms with van der Waals surface area (Å²) in [6, 6.07) is 6.63. The van der Waals surface area contributed by atoms with Crippen molar-refractivity contribution in [2.24, 2.45) is 0 Å². The number of nitrogens with zero attached hydrogens (tertiary/aromatic N) is 1. The second-order valence-corrected chi connectivity index (χ2v) is 6.95. The van der Waals surface area contributed by atoms with Gasteiger partial charge in [0.05, 0.1) is 7.11 Å². The van der Waals surface area contributed by atoms with Gasteiger partial charge in [-0.2, -0.15) is 0 Å². The van der Waals surface area contributed by atoms with Crippen molar-refractivity contribution in [3.63, 3.8) is 0 Å². The van der Waals surface area contributed by atoms with Crippen molar-refractivity contribution in [2.75, 3.05) is 38.2 Å². The lowest BCUT2D eigenvalue weighted by molar-refractivity contribution is 0.414. The van der Waals surface area contributed by atoms with E-state index in [0.717, 1.165) is 31.9 Å². The molecule has 0 atom stereocenters. The summed E-state index contributed by atoms with van der Waals surface area (Å²) in [5.41, 5.74) is 4.29. The zero-order valence-corrected chi connectivity index (χ0v) is 16.4. The molecule has 0 spiro atoms. The van der Waals surface area contributed by atoms with E-state index in [0.29, 0.717) is 0 Å². The Balaban J connectivity index is 2.30. The van der Waals surface area contributed by atoms with Crippen LogP contribution in [-0.4, -0.2) is 33.3 Å². The number of unbranched alkanes of at least 4 members (excludes halogenated alkanes) is 4. The standard InChI is InChI=1S/C22H36N2O/c1-4-6-8-10-19(11-9-7-5-2)21-13-12-20(25-3)18-22(21)24-16-14-23-15-17-24/h10,12-13,18,23H,4-9,11,14-17H2,1-3H3/b19-10+. The van der Waals surface area contributed by atoms with Gasteiger partial charge in [-0.15, -0.1) is 0 Å². The van der Waals surface area contributed by atoms with Crippen LogP contribution in [0.5, 0.6) is 5.75 Å². The summed E-state index contributed by atoms with van der Waals surface area (Å²) < 4.78 is 5.52. The normalized spacial score (nSPS) is 15.5. The lowest BCUT2D eigenvalue weighted by Crippen LogP contribution is -2.43. The molecule has 0 radical (unpaired) electrons. The predicted molar refractivity (Wildman–Crippen MR) is 110 cm³/mol. The summed E-state index contributed by atoms with van der Waals surface area (Å²) in [4.78, 5) is 2.52. The summed E-state index contributed by atoms with van der Waals surface area (Å²) in [6.45, 7) is 8.79. The quantitative estimate of drug-likeness (QED) is 0.586. The highest BCUT2D eigenvalue weighted by Crippen LogP contribution is 2.34. The van der Waals surface area contributed by atoms with Gasteiger partial charge in [-0.3, -0.25) is 0 Å². The molecule has 1 fully saturated rings. The molecule has 1 aliphatic heterocycles. The highest BCUT2D eigenvalue weighted by Gasteiger charge is 2.17. The molecule has 1 saturated heterocycles. The van der Waals surface area contributed by atoms with Gasteiger partial charge in [0.1, 0.15) is 5.75 Å². The van der Waals surface area contributed by atoms with E-state index in [2.05, 4.69) is 48.3 Å². The average molecular weight is 345 g/mol. The zero-order chi connectivity index (χ0) is 17.9. The van der Waals surface area contributed by atoms with Crippen LogP contribution in [-0.2, 0) is 0 Å². The molecule has 0 saturated carbocycles. The average Bonchev–Trinajstić information content (AvgIpc) is 2.67. The van der Waals surface area contributed by atoms with Gasteiger partial charge in [-0.1, -0.05) is 45.6 Å². The molecule has 0 unspecified atom stereocenters. The third-order valence-corrected chi connectivity index (χ3v) is 5.01. The molecule has 1 aromatic rings. The lowest BCUT2D eigenvalue weighted by Gasteiger charge is -2.32. The Morgan fingerprint density at radius 1 is 1.12 bits per heavy atom. The van der Waals surface area contributed by atoms with Gasteiger partial charge in [-0.25, -0.2) is 0 Å². The number of methoxy groups -OCH3 is 1. The fourth-order valence-electron chi connectivity index (χ4n) is 3.47. The molecular weight excluding hydrogens is 308 g/mol. The van der Waals surface area contributed by atoms with Gasteiger partial charge >= 0.3 is 0 Å². The van der Waals surface area contributed by atoms with Crippen LogP contribution >= 0.6 is 0 Å². The topological polar surface area (TPSA) is 24.5 Å². The molecule has 1 heterocycles. The van der Waals surface area contributed by atoms with Crippen LogP contribution in [0.3, 0.4) is 0 Å². The van der Waals surface area contributed by atoms with E-state index in [9.17, 15) is 0 Å². The minimum atomic E-state index is 0.957. The number of ether oxygens (including phenoxy) is 1. The Bertz CT molecular complexity index is 533. The van der Waals surface area contributed by atoms with E-state index in [4.69, 9.17) is 4.74 Å². The summed E-state index contributed by atoms with van der Waals surface area (Å²) in [5, 5.41) is 3.46. The molecule has 25 heavy (non-hydrogen) atoms. The summed E-state index contributed by atoms with van der Waals surface area (Å²) in [7, 11) is 1.76. The van der Waals surface area contributed by atoms with Crippen molar-refractivity contribution >= 4 is 11.3 Å². The number of hydrogen-bond acceptors (Lipinski definition) is 3. The number of nitrogens with one attached hydrogen (secondary N) is 1. The number of allylic oxidation sites excluding steroid dienone is 2. The molecule has 140 valence electrons. The number of anilines is 1. The lowest BCUT2D eigenvalue weighted by atomic mass is 9.95. The highest BCUT2D eigenvalue weighted by atomic mass is 16.5. The Morgan fingerprint density at radius 2 is 1.88 bits per heavy atom. The molecule has 0 bridgehead atoms. The molecule has 2 rings (SSSR count). The molecule has 3 heteroatoms. The van der Waals surface area contributed by atoms with Crippen molar-refractivity contribution < 1.29 is 4.74 Å². The van der Waals surface area contributed by atoms with Crippen LogP contribution in [0.2, 0.25) is 0 Å². The first-order chi connectivity index (χ1) is 12.3. The van der Waals surface area contributed by atoms with Gasteiger partial charge in [0.2, 0.25) is 0 Å². The second-order valence-electron chi connectivity index (χ2n) is 6.95. The van der Waals surface area contributed by atoms with E-state index in [1.165, 1.54) is 61.8 Å². The zero-order valence-electron chi connectivity index (χ0n) is 16.4. The van der Waals surface area contributed by atoms with Crippen molar-refractivity contribution in [1.82, 2.24) is 5.32 Å². The van der Waals surface area contributed by atoms with Gasteiger partial charge in [0.25, 0.3) is 0 Å². The van der Waals surface area contributed by atoms with Crippen molar-refractivity contribution in [2.45, 2.75) is 58.8 Å². The first-order valence-corrected chi connectivity index (χ1v) is 10.1. The number of rotatable bonds is 10. The SMILES string of the molecule is CCCC/C=C(\CCCCC)c1ccc(OC)cc1N1CCNCC1. The number of hydrogen-bond donors (Lipinski definition) is 1. The maximum atomic E-state index is 5.52. The van der Waals surface area contributed by atoms with Crippen molar-refractivity contribution in [3.8, 4) is 5.75 Å². The van der Waals surface area contributed by atoms with Crippen LogP contribution in [0, 0.1) is 0 Å². The number of benzene rings is 1. The fraction of sp³-hybridized carbons (Fsp3) is 0.636. The largest absolute Gasteiger partial charge is 0.497 e. The molecule has 1 aliphatic rings. The van der Waals surface area contributed by atoms with Crippen LogP contribution < -0.4 is 15.0 Å². The van der Waals surface area contributed by atoms with Crippen molar-refractivity contribution in [3.05, 3.63) is 29.8 Å². The van der Waals surface area contributed by atoms with Gasteiger partial charge < -0.3 is 15.0 Å². The minimum absolute atomic E-state index is 0.957. The van der Waals surface area contributed by atoms with E-state index < -0.39 is 0 Å². The molecule has 3 nitrogen and oxygen atoms in total. The Morgan fingerprint density at radius 3 is 2.56 bits per heavy atom. The molecule has 1 N–H and O–H groups in total. The Labute approximate surface area is 154 Å². The van der Waals surface area contributed by atoms with Crippen LogP contribution in [0.25, 0.3) is 5.57 Å². The minimum Gasteiger partial charge on any atom is -0.497 e. The van der Waals surface area contributed by atoms with Crippen LogP contribution in [0.4, 0.5) is 5.69 Å². The molecule has 0 aromatic heterocycles. The smallest absolute Gasteiger partial charge is 0.120 e. The Hall–Kier alpha value is -1.48. The Kier molecular flexibility index (Phi) is 8.89. The number of piperazine rings is 1. The third-order valence-electron chi connectivity index (χ3n) is 5.01.